The van der Waals surface area contributed by atoms with Gasteiger partial charge in [-0.25, -0.2) is 0 Å². The van der Waals surface area contributed by atoms with Crippen LogP contribution < -0.4 is 5.32 Å². The first-order valence-electron chi connectivity index (χ1n) is 7.17. The van der Waals surface area contributed by atoms with Gasteiger partial charge in [0, 0.05) is 12.6 Å². The molecule has 0 amide bonds. The van der Waals surface area contributed by atoms with Crippen molar-refractivity contribution in [2.75, 3.05) is 13.2 Å². The fraction of sp³-hybridized carbons (Fsp3) is 0.562. The zero-order valence-corrected chi connectivity index (χ0v) is 11.8. The Kier molecular flexibility index (Phi) is 4.97. The van der Waals surface area contributed by atoms with Crippen LogP contribution in [0.15, 0.2) is 24.3 Å². The first kappa shape index (κ1) is 14.1. The number of nitrogens with one attached hydrogen (secondary N) is 1. The number of aryl methyl sites for hydroxylation is 1. The summed E-state index contributed by atoms with van der Waals surface area (Å²) in [6, 6.07) is 9.11. The molecule has 19 heavy (non-hydrogen) atoms. The van der Waals surface area contributed by atoms with E-state index in [9.17, 15) is 4.79 Å². The number of carbonyl (C=O) groups is 1. The van der Waals surface area contributed by atoms with E-state index in [-0.39, 0.29) is 11.9 Å². The molecule has 1 aromatic rings. The van der Waals surface area contributed by atoms with Gasteiger partial charge >= 0.3 is 5.97 Å². The number of benzene rings is 1. The molecule has 0 spiro atoms. The Hall–Kier alpha value is -1.35. The highest BCUT2D eigenvalue weighted by molar-refractivity contribution is 5.72. The van der Waals surface area contributed by atoms with Gasteiger partial charge in [-0.1, -0.05) is 31.2 Å². The third-order valence-electron chi connectivity index (χ3n) is 3.75. The van der Waals surface area contributed by atoms with E-state index in [4.69, 9.17) is 4.74 Å². The van der Waals surface area contributed by atoms with E-state index >= 15 is 0 Å². The Morgan fingerprint density at radius 3 is 2.89 bits per heavy atom. The minimum Gasteiger partial charge on any atom is -0.466 e. The van der Waals surface area contributed by atoms with E-state index < -0.39 is 0 Å². The van der Waals surface area contributed by atoms with Crippen molar-refractivity contribution in [3.05, 3.63) is 35.4 Å². The summed E-state index contributed by atoms with van der Waals surface area (Å²) in [6.07, 6.45) is 3.33. The van der Waals surface area contributed by atoms with Crippen molar-refractivity contribution in [2.45, 2.75) is 39.2 Å². The van der Waals surface area contributed by atoms with Crippen molar-refractivity contribution in [1.29, 1.82) is 0 Å². The van der Waals surface area contributed by atoms with Crippen LogP contribution in [0, 0.1) is 5.92 Å². The second kappa shape index (κ2) is 6.71. The zero-order chi connectivity index (χ0) is 13.7. The van der Waals surface area contributed by atoms with E-state index in [1.807, 2.05) is 13.8 Å². The van der Waals surface area contributed by atoms with Gasteiger partial charge in [0.05, 0.1) is 12.5 Å². The SMILES string of the molecule is CCOC(=O)C(C)CNC1CCc2ccccc2C1. The van der Waals surface area contributed by atoms with Gasteiger partial charge in [-0.3, -0.25) is 4.79 Å². The fourth-order valence-electron chi connectivity index (χ4n) is 2.58. The van der Waals surface area contributed by atoms with E-state index in [1.54, 1.807) is 0 Å². The summed E-state index contributed by atoms with van der Waals surface area (Å²) >= 11 is 0. The van der Waals surface area contributed by atoms with Gasteiger partial charge in [0.2, 0.25) is 0 Å². The lowest BCUT2D eigenvalue weighted by atomic mass is 9.88. The molecule has 1 aliphatic rings. The molecule has 0 bridgehead atoms. The number of hydrogen-bond donors (Lipinski definition) is 1. The van der Waals surface area contributed by atoms with Crippen molar-refractivity contribution >= 4 is 5.97 Å². The largest absolute Gasteiger partial charge is 0.466 e. The number of carbonyl (C=O) groups excluding carboxylic acids is 1. The lowest BCUT2D eigenvalue weighted by Crippen LogP contribution is -2.39. The quantitative estimate of drug-likeness (QED) is 0.827. The molecule has 3 nitrogen and oxygen atoms in total. The maximum atomic E-state index is 11.6. The molecule has 3 heteroatoms. The number of rotatable bonds is 5. The summed E-state index contributed by atoms with van der Waals surface area (Å²) < 4.78 is 5.02. The van der Waals surface area contributed by atoms with Gasteiger partial charge in [0.25, 0.3) is 0 Å². The van der Waals surface area contributed by atoms with Gasteiger partial charge in [-0.2, -0.15) is 0 Å². The molecule has 1 N–H and O–H groups in total. The number of ether oxygens (including phenoxy) is 1. The monoisotopic (exact) mass is 261 g/mol. The van der Waals surface area contributed by atoms with Crippen LogP contribution in [-0.2, 0) is 22.4 Å². The molecule has 0 heterocycles. The fourth-order valence-corrected chi connectivity index (χ4v) is 2.58. The minimum atomic E-state index is -0.105. The Balaban J connectivity index is 1.81. The van der Waals surface area contributed by atoms with Crippen LogP contribution in [0.1, 0.15) is 31.4 Å². The van der Waals surface area contributed by atoms with Crippen LogP contribution in [0.5, 0.6) is 0 Å². The lowest BCUT2D eigenvalue weighted by Gasteiger charge is -2.26. The van der Waals surface area contributed by atoms with Gasteiger partial charge in [-0.05, 0) is 37.3 Å². The molecule has 2 rings (SSSR count). The molecular formula is C16H23NO2. The van der Waals surface area contributed by atoms with Gasteiger partial charge in [-0.15, -0.1) is 0 Å². The smallest absolute Gasteiger partial charge is 0.309 e. The highest BCUT2D eigenvalue weighted by Gasteiger charge is 2.20. The third kappa shape index (κ3) is 3.80. The highest BCUT2D eigenvalue weighted by Crippen LogP contribution is 2.21. The van der Waals surface area contributed by atoms with Crippen LogP contribution in [0.3, 0.4) is 0 Å². The van der Waals surface area contributed by atoms with Crippen molar-refractivity contribution in [3.63, 3.8) is 0 Å². The van der Waals surface area contributed by atoms with E-state index in [2.05, 4.69) is 29.6 Å². The zero-order valence-electron chi connectivity index (χ0n) is 11.8. The summed E-state index contributed by atoms with van der Waals surface area (Å²) in [5.41, 5.74) is 2.91. The van der Waals surface area contributed by atoms with E-state index in [1.165, 1.54) is 11.1 Å². The van der Waals surface area contributed by atoms with Crippen molar-refractivity contribution < 1.29 is 9.53 Å². The molecule has 104 valence electrons. The molecule has 0 saturated heterocycles. The van der Waals surface area contributed by atoms with E-state index in [0.29, 0.717) is 19.2 Å². The first-order valence-corrected chi connectivity index (χ1v) is 7.17. The number of esters is 1. The average Bonchev–Trinajstić information content (AvgIpc) is 2.44. The molecule has 2 unspecified atom stereocenters. The van der Waals surface area contributed by atoms with Crippen LogP contribution in [-0.4, -0.2) is 25.2 Å². The Labute approximate surface area is 115 Å². The van der Waals surface area contributed by atoms with Gasteiger partial charge in [0.1, 0.15) is 0 Å². The maximum absolute atomic E-state index is 11.6. The molecule has 0 aromatic heterocycles. The Bertz CT molecular complexity index is 431. The second-order valence-electron chi connectivity index (χ2n) is 5.27. The Morgan fingerprint density at radius 2 is 2.16 bits per heavy atom. The average molecular weight is 261 g/mol. The predicted octanol–water partition coefficient (Wildman–Crippen LogP) is 2.33. The summed E-state index contributed by atoms with van der Waals surface area (Å²) in [4.78, 5) is 11.6. The van der Waals surface area contributed by atoms with Crippen LogP contribution in [0.4, 0.5) is 0 Å². The molecule has 1 aliphatic carbocycles. The van der Waals surface area contributed by atoms with Crippen molar-refractivity contribution in [2.24, 2.45) is 5.92 Å². The van der Waals surface area contributed by atoms with Crippen LogP contribution >= 0.6 is 0 Å². The van der Waals surface area contributed by atoms with Crippen molar-refractivity contribution in [1.82, 2.24) is 5.32 Å². The third-order valence-corrected chi connectivity index (χ3v) is 3.75. The maximum Gasteiger partial charge on any atom is 0.309 e. The summed E-state index contributed by atoms with van der Waals surface area (Å²) in [5.74, 6) is -0.177. The number of hydrogen-bond acceptors (Lipinski definition) is 3. The first-order chi connectivity index (χ1) is 9.20. The summed E-state index contributed by atoms with van der Waals surface area (Å²) in [5, 5.41) is 3.50. The van der Waals surface area contributed by atoms with Crippen molar-refractivity contribution in [3.8, 4) is 0 Å². The molecule has 0 aliphatic heterocycles. The van der Waals surface area contributed by atoms with E-state index in [0.717, 1.165) is 19.3 Å². The molecule has 0 radical (unpaired) electrons. The van der Waals surface area contributed by atoms with Gasteiger partial charge in [0.15, 0.2) is 0 Å². The molecule has 0 saturated carbocycles. The summed E-state index contributed by atoms with van der Waals surface area (Å²) in [7, 11) is 0. The van der Waals surface area contributed by atoms with Crippen LogP contribution in [0.2, 0.25) is 0 Å². The highest BCUT2D eigenvalue weighted by atomic mass is 16.5. The molecule has 1 aromatic carbocycles. The predicted molar refractivity (Wildman–Crippen MR) is 76.1 cm³/mol. The molecular weight excluding hydrogens is 238 g/mol. The standard InChI is InChI=1S/C16H23NO2/c1-3-19-16(18)12(2)11-17-15-9-8-13-6-4-5-7-14(13)10-15/h4-7,12,15,17H,3,8-11H2,1-2H3. The topological polar surface area (TPSA) is 38.3 Å². The van der Waals surface area contributed by atoms with Gasteiger partial charge < -0.3 is 10.1 Å². The molecule has 0 fully saturated rings. The second-order valence-corrected chi connectivity index (χ2v) is 5.27. The lowest BCUT2D eigenvalue weighted by molar-refractivity contribution is -0.147. The summed E-state index contributed by atoms with van der Waals surface area (Å²) in [6.45, 7) is 4.92. The molecule has 2 atom stereocenters. The number of fused-ring (bicyclic) bond motifs is 1. The van der Waals surface area contributed by atoms with Crippen LogP contribution in [0.25, 0.3) is 0 Å². The normalized spacial score (nSPS) is 19.6. The minimum absolute atomic E-state index is 0.0721. The Morgan fingerprint density at radius 1 is 1.42 bits per heavy atom.